The molecule has 1 aliphatic heterocycles. The Hall–Kier alpha value is -2.11. The SMILES string of the molecule is C[C@@H]([NH2+]C1CC[NH+](Cc2ccccc2)CC1)C(=O)NCc1ccco1. The molecule has 0 bridgehead atoms. The number of rotatable bonds is 7. The van der Waals surface area contributed by atoms with Crippen LogP contribution in [0.1, 0.15) is 31.1 Å². The highest BCUT2D eigenvalue weighted by Crippen LogP contribution is 2.00. The number of nitrogens with two attached hydrogens (primary N) is 1. The first kappa shape index (κ1) is 17.7. The van der Waals surface area contributed by atoms with Crippen LogP contribution in [0.2, 0.25) is 0 Å². The average Bonchev–Trinajstić information content (AvgIpc) is 3.16. The van der Waals surface area contributed by atoms with Crippen molar-refractivity contribution >= 4 is 5.91 Å². The number of piperidine rings is 1. The quantitative estimate of drug-likeness (QED) is 0.667. The van der Waals surface area contributed by atoms with Crippen molar-refractivity contribution in [2.75, 3.05) is 13.1 Å². The fraction of sp³-hybridized carbons (Fsp3) is 0.450. The number of hydrogen-bond donors (Lipinski definition) is 3. The third-order valence-electron chi connectivity index (χ3n) is 5.03. The number of hydrogen-bond acceptors (Lipinski definition) is 2. The van der Waals surface area contributed by atoms with Crippen LogP contribution >= 0.6 is 0 Å². The molecule has 0 radical (unpaired) electrons. The van der Waals surface area contributed by atoms with E-state index >= 15 is 0 Å². The number of carbonyl (C=O) groups is 1. The van der Waals surface area contributed by atoms with Crippen LogP contribution in [0.15, 0.2) is 53.1 Å². The van der Waals surface area contributed by atoms with Crippen molar-refractivity contribution in [3.05, 3.63) is 60.1 Å². The van der Waals surface area contributed by atoms with Crippen LogP contribution in [0.25, 0.3) is 0 Å². The monoisotopic (exact) mass is 343 g/mol. The van der Waals surface area contributed by atoms with Gasteiger partial charge in [-0.2, -0.15) is 0 Å². The standard InChI is InChI=1S/C20H27N3O2/c1-16(20(24)21-14-19-8-5-13-25-19)22-18-9-11-23(12-10-18)15-17-6-3-2-4-7-17/h2-8,13,16,18,22H,9-12,14-15H2,1H3,(H,21,24)/p+2/t16-/m1/s1. The number of furan rings is 1. The summed E-state index contributed by atoms with van der Waals surface area (Å²) in [5.74, 6) is 0.869. The zero-order chi connectivity index (χ0) is 17.5. The van der Waals surface area contributed by atoms with Crippen LogP contribution in [-0.2, 0) is 17.9 Å². The molecule has 25 heavy (non-hydrogen) atoms. The first-order valence-corrected chi connectivity index (χ1v) is 9.23. The molecule has 5 heteroatoms. The third-order valence-corrected chi connectivity index (χ3v) is 5.03. The predicted molar refractivity (Wildman–Crippen MR) is 95.8 cm³/mol. The van der Waals surface area contributed by atoms with Gasteiger partial charge < -0.3 is 20.0 Å². The Bertz CT molecular complexity index is 634. The van der Waals surface area contributed by atoms with E-state index in [9.17, 15) is 4.79 Å². The largest absolute Gasteiger partial charge is 0.467 e. The van der Waals surface area contributed by atoms with E-state index in [0.717, 1.165) is 25.1 Å². The molecule has 1 saturated heterocycles. The molecule has 2 aromatic rings. The molecule has 0 aliphatic carbocycles. The number of likely N-dealkylation sites (tertiary alicyclic amines) is 1. The lowest BCUT2D eigenvalue weighted by molar-refractivity contribution is -0.926. The van der Waals surface area contributed by atoms with Crippen LogP contribution in [0.4, 0.5) is 0 Å². The van der Waals surface area contributed by atoms with E-state index in [1.165, 1.54) is 18.7 Å². The Kier molecular flexibility index (Phi) is 6.25. The summed E-state index contributed by atoms with van der Waals surface area (Å²) < 4.78 is 5.25. The van der Waals surface area contributed by atoms with Gasteiger partial charge >= 0.3 is 0 Å². The van der Waals surface area contributed by atoms with Gasteiger partial charge in [-0.15, -0.1) is 0 Å². The maximum absolute atomic E-state index is 12.2. The normalized spacial score (nSPS) is 21.6. The molecule has 1 fully saturated rings. The molecular formula is C20H29N3O2+2. The molecule has 3 rings (SSSR count). The van der Waals surface area contributed by atoms with Crippen molar-refractivity contribution in [2.45, 2.75) is 44.9 Å². The molecule has 1 aliphatic rings. The van der Waals surface area contributed by atoms with Crippen molar-refractivity contribution in [1.82, 2.24) is 5.32 Å². The Morgan fingerprint density at radius 3 is 2.68 bits per heavy atom. The lowest BCUT2D eigenvalue weighted by Crippen LogP contribution is -3.14. The summed E-state index contributed by atoms with van der Waals surface area (Å²) in [4.78, 5) is 13.9. The van der Waals surface area contributed by atoms with Crippen molar-refractivity contribution in [2.24, 2.45) is 0 Å². The second-order valence-corrected chi connectivity index (χ2v) is 7.03. The van der Waals surface area contributed by atoms with E-state index in [2.05, 4.69) is 41.0 Å². The Morgan fingerprint density at radius 1 is 1.24 bits per heavy atom. The predicted octanol–water partition coefficient (Wildman–Crippen LogP) is 0.0952. The van der Waals surface area contributed by atoms with Gasteiger partial charge in [-0.3, -0.25) is 4.79 Å². The van der Waals surface area contributed by atoms with Gasteiger partial charge in [0.05, 0.1) is 31.9 Å². The summed E-state index contributed by atoms with van der Waals surface area (Å²) >= 11 is 0. The van der Waals surface area contributed by atoms with Gasteiger partial charge in [0, 0.05) is 18.4 Å². The highest BCUT2D eigenvalue weighted by atomic mass is 16.3. The molecule has 4 N–H and O–H groups in total. The lowest BCUT2D eigenvalue weighted by Gasteiger charge is -2.29. The number of carbonyl (C=O) groups excluding carboxylic acids is 1. The van der Waals surface area contributed by atoms with Crippen molar-refractivity contribution in [1.29, 1.82) is 0 Å². The van der Waals surface area contributed by atoms with Gasteiger partial charge in [0.25, 0.3) is 5.91 Å². The highest BCUT2D eigenvalue weighted by molar-refractivity contribution is 5.79. The molecule has 5 nitrogen and oxygen atoms in total. The fourth-order valence-corrected chi connectivity index (χ4v) is 3.55. The van der Waals surface area contributed by atoms with Crippen LogP contribution in [0.3, 0.4) is 0 Å². The average molecular weight is 343 g/mol. The zero-order valence-electron chi connectivity index (χ0n) is 14.9. The molecule has 0 spiro atoms. The minimum Gasteiger partial charge on any atom is -0.467 e. The minimum absolute atomic E-state index is 0.0596. The van der Waals surface area contributed by atoms with Crippen molar-refractivity contribution in [3.63, 3.8) is 0 Å². The Morgan fingerprint density at radius 2 is 2.00 bits per heavy atom. The van der Waals surface area contributed by atoms with Gasteiger partial charge in [-0.25, -0.2) is 0 Å². The second kappa shape index (κ2) is 8.83. The van der Waals surface area contributed by atoms with Crippen LogP contribution in [-0.4, -0.2) is 31.1 Å². The number of benzene rings is 1. The third kappa shape index (κ3) is 5.44. The highest BCUT2D eigenvalue weighted by Gasteiger charge is 2.28. The van der Waals surface area contributed by atoms with Gasteiger partial charge in [-0.1, -0.05) is 30.3 Å². The molecule has 1 aromatic carbocycles. The second-order valence-electron chi connectivity index (χ2n) is 7.03. The zero-order valence-corrected chi connectivity index (χ0v) is 14.9. The molecule has 1 aromatic heterocycles. The van der Waals surface area contributed by atoms with Gasteiger partial charge in [0.15, 0.2) is 6.04 Å². The molecule has 1 atom stereocenters. The summed E-state index contributed by atoms with van der Waals surface area (Å²) in [7, 11) is 0. The first-order valence-electron chi connectivity index (χ1n) is 9.23. The summed E-state index contributed by atoms with van der Waals surface area (Å²) in [6, 6.07) is 14.9. The molecule has 2 heterocycles. The van der Waals surface area contributed by atoms with Gasteiger partial charge in [0.1, 0.15) is 12.3 Å². The van der Waals surface area contributed by atoms with E-state index in [-0.39, 0.29) is 11.9 Å². The number of nitrogens with one attached hydrogen (secondary N) is 2. The fourth-order valence-electron chi connectivity index (χ4n) is 3.55. The van der Waals surface area contributed by atoms with E-state index in [0.29, 0.717) is 12.6 Å². The van der Waals surface area contributed by atoms with E-state index in [1.54, 1.807) is 11.2 Å². The lowest BCUT2D eigenvalue weighted by atomic mass is 10.0. The van der Waals surface area contributed by atoms with E-state index in [4.69, 9.17) is 4.42 Å². The van der Waals surface area contributed by atoms with Crippen LogP contribution in [0, 0.1) is 0 Å². The molecule has 0 saturated carbocycles. The van der Waals surface area contributed by atoms with Gasteiger partial charge in [-0.05, 0) is 19.1 Å². The molecule has 1 amide bonds. The minimum atomic E-state index is -0.0596. The van der Waals surface area contributed by atoms with Crippen LogP contribution < -0.4 is 15.5 Å². The maximum atomic E-state index is 12.2. The van der Waals surface area contributed by atoms with Crippen molar-refractivity contribution in [3.8, 4) is 0 Å². The molecule has 134 valence electrons. The van der Waals surface area contributed by atoms with E-state index in [1.807, 2.05) is 19.1 Å². The van der Waals surface area contributed by atoms with Crippen molar-refractivity contribution < 1.29 is 19.4 Å². The molecule has 0 unspecified atom stereocenters. The Labute approximate surface area is 149 Å². The van der Waals surface area contributed by atoms with Crippen LogP contribution in [0.5, 0.6) is 0 Å². The maximum Gasteiger partial charge on any atom is 0.278 e. The molecular weight excluding hydrogens is 314 g/mol. The number of quaternary nitrogens is 2. The first-order chi connectivity index (χ1) is 12.2. The summed E-state index contributed by atoms with van der Waals surface area (Å²) in [6.45, 7) is 5.91. The van der Waals surface area contributed by atoms with E-state index < -0.39 is 0 Å². The van der Waals surface area contributed by atoms with Gasteiger partial charge in [0.2, 0.25) is 0 Å². The summed E-state index contributed by atoms with van der Waals surface area (Å²) in [5, 5.41) is 5.18. The Balaban J connectivity index is 1.37. The number of amides is 1. The smallest absolute Gasteiger partial charge is 0.278 e. The summed E-state index contributed by atoms with van der Waals surface area (Å²) in [6.07, 6.45) is 3.96. The topological polar surface area (TPSA) is 63.3 Å². The summed E-state index contributed by atoms with van der Waals surface area (Å²) in [5.41, 5.74) is 1.41.